The molecular formula is C72H116OSi2. The van der Waals surface area contributed by atoms with Crippen molar-refractivity contribution in [3.63, 3.8) is 0 Å². The van der Waals surface area contributed by atoms with Gasteiger partial charge < -0.3 is 4.12 Å². The molecule has 0 N–H and O–H groups in total. The van der Waals surface area contributed by atoms with Gasteiger partial charge in [0.25, 0.3) is 18.1 Å². The fourth-order valence-corrected chi connectivity index (χ4v) is 18.2. The Morgan fingerprint density at radius 2 is 0.280 bits per heavy atom. The minimum absolute atomic E-state index is 0.0618. The average molecular weight is 1050 g/mol. The highest BCUT2D eigenvalue weighted by molar-refractivity contribution is 6.92. The standard InChI is InChI=1S/C72H116OSi2/c1-61(2,3)45-37-53(69(25,26)27)57(41-49(45)65(13,14)15)74(58-42-50(66(16,17)18)46(62(4,5)6)38-54(58)70(28,29)30)73-75(59-43-51(67(19,20)21)47(63(7,8)9)39-55(59)71(31,32)33)60-44-52(68(22,23)24)48(64(10,11)12)40-56(60)72(34,35)36/h37-44H,1-36H3. The Labute approximate surface area is 469 Å². The van der Waals surface area contributed by atoms with E-state index in [4.69, 9.17) is 4.12 Å². The van der Waals surface area contributed by atoms with Gasteiger partial charge in [-0.15, -0.1) is 0 Å². The maximum Gasteiger partial charge on any atom is 0.273 e. The van der Waals surface area contributed by atoms with Gasteiger partial charge in [0.15, 0.2) is 0 Å². The van der Waals surface area contributed by atoms with Crippen molar-refractivity contribution in [1.82, 2.24) is 0 Å². The van der Waals surface area contributed by atoms with Crippen molar-refractivity contribution in [2.75, 3.05) is 0 Å². The molecule has 0 spiro atoms. The summed E-state index contributed by atoms with van der Waals surface area (Å²) < 4.78 is 9.11. The molecule has 0 aliphatic carbocycles. The minimum atomic E-state index is -2.15. The first-order chi connectivity index (χ1) is 32.8. The molecule has 0 aliphatic heterocycles. The predicted octanol–water partition coefficient (Wildman–Crippen LogP) is 18.2. The van der Waals surface area contributed by atoms with Gasteiger partial charge >= 0.3 is 0 Å². The first-order valence-electron chi connectivity index (χ1n) is 29.0. The molecule has 3 heteroatoms. The van der Waals surface area contributed by atoms with Crippen LogP contribution in [0.1, 0.15) is 316 Å². The summed E-state index contributed by atoms with van der Waals surface area (Å²) in [7, 11) is -4.30. The number of benzene rings is 4. The molecule has 0 atom stereocenters. The van der Waals surface area contributed by atoms with E-state index in [0.717, 1.165) is 0 Å². The Bertz CT molecular complexity index is 2330. The van der Waals surface area contributed by atoms with Crippen LogP contribution in [0.3, 0.4) is 0 Å². The highest BCUT2D eigenvalue weighted by atomic mass is 28.4. The molecule has 0 saturated carbocycles. The van der Waals surface area contributed by atoms with E-state index in [0.29, 0.717) is 0 Å². The van der Waals surface area contributed by atoms with Crippen LogP contribution in [0.15, 0.2) is 48.5 Å². The molecule has 0 amide bonds. The Kier molecular flexibility index (Phi) is 17.4. The summed E-state index contributed by atoms with van der Waals surface area (Å²) in [6, 6.07) is 21.4. The second-order valence-electron chi connectivity index (χ2n) is 35.5. The molecule has 4 rings (SSSR count). The quantitative estimate of drug-likeness (QED) is 0.175. The first-order valence-corrected chi connectivity index (χ1v) is 31.8. The lowest BCUT2D eigenvalue weighted by atomic mass is 9.72. The van der Waals surface area contributed by atoms with Gasteiger partial charge in [-0.2, -0.15) is 0 Å². The third-order valence-corrected chi connectivity index (χ3v) is 20.8. The van der Waals surface area contributed by atoms with Gasteiger partial charge in [0.1, 0.15) is 0 Å². The molecule has 1 nitrogen and oxygen atoms in total. The predicted molar refractivity (Wildman–Crippen MR) is 341 cm³/mol. The zero-order valence-corrected chi connectivity index (χ0v) is 58.0. The van der Waals surface area contributed by atoms with Crippen molar-refractivity contribution in [2.24, 2.45) is 0 Å². The third kappa shape index (κ3) is 14.6. The zero-order chi connectivity index (χ0) is 58.8. The smallest absolute Gasteiger partial charge is 0.273 e. The van der Waals surface area contributed by atoms with Gasteiger partial charge in [-0.1, -0.05) is 298 Å². The van der Waals surface area contributed by atoms with Crippen molar-refractivity contribution in [1.29, 1.82) is 0 Å². The minimum Gasteiger partial charge on any atom is -0.442 e. The van der Waals surface area contributed by atoms with Crippen LogP contribution in [-0.2, 0) is 69.1 Å². The van der Waals surface area contributed by atoms with Gasteiger partial charge in [0.05, 0.1) is 0 Å². The summed E-state index contributed by atoms with van der Waals surface area (Å²) in [5.74, 6) is 0. The molecule has 4 aromatic carbocycles. The summed E-state index contributed by atoms with van der Waals surface area (Å²) in [6.07, 6.45) is 0. The molecule has 75 heavy (non-hydrogen) atoms. The SMILES string of the molecule is CC(C)(C)c1cc(C(C)(C)C)c(C(C)(C)C)cc1[Si](O[Si](c1cc(C(C)(C)C)c(C(C)(C)C)cc1C(C)(C)C)c1cc(C(C)(C)C)c(C(C)(C)C)cc1C(C)(C)C)c1cc(C(C)(C)C)c(C(C)(C)C)cc1C(C)(C)C. The number of hydrogen-bond acceptors (Lipinski definition) is 1. The molecule has 0 saturated heterocycles. The molecule has 0 bridgehead atoms. The zero-order valence-electron chi connectivity index (χ0n) is 56.0. The molecule has 0 heterocycles. The van der Waals surface area contributed by atoms with E-state index in [1.54, 1.807) is 0 Å². The maximum absolute atomic E-state index is 9.11. The Morgan fingerprint density at radius 3 is 0.387 bits per heavy atom. The van der Waals surface area contributed by atoms with Crippen LogP contribution in [0, 0.1) is 0 Å². The van der Waals surface area contributed by atoms with E-state index < -0.39 is 18.1 Å². The summed E-state index contributed by atoms with van der Waals surface area (Å²) in [4.78, 5) is 0. The Morgan fingerprint density at radius 1 is 0.173 bits per heavy atom. The fraction of sp³-hybridized carbons (Fsp3) is 0.667. The Hall–Kier alpha value is -2.73. The maximum atomic E-state index is 9.11. The van der Waals surface area contributed by atoms with Gasteiger partial charge in [-0.05, 0) is 152 Å². The largest absolute Gasteiger partial charge is 0.442 e. The highest BCUT2D eigenvalue weighted by Gasteiger charge is 2.44. The summed E-state index contributed by atoms with van der Waals surface area (Å²) in [5, 5.41) is 5.62. The fourth-order valence-electron chi connectivity index (χ4n) is 11.2. The Balaban J connectivity index is 2.67. The normalized spacial score (nSPS) is 14.7. The lowest BCUT2D eigenvalue weighted by molar-refractivity contribution is 0.520. The molecule has 0 fully saturated rings. The van der Waals surface area contributed by atoms with Crippen molar-refractivity contribution in [3.05, 3.63) is 115 Å². The van der Waals surface area contributed by atoms with Gasteiger partial charge in [0, 0.05) is 0 Å². The first kappa shape index (κ1) is 64.8. The molecule has 0 aliphatic rings. The molecule has 2 radical (unpaired) electrons. The van der Waals surface area contributed by atoms with E-state index in [1.807, 2.05) is 0 Å². The molecule has 0 unspecified atom stereocenters. The summed E-state index contributed by atoms with van der Waals surface area (Å²) in [6.45, 7) is 87.5. The topological polar surface area (TPSA) is 9.23 Å². The van der Waals surface area contributed by atoms with E-state index in [9.17, 15) is 0 Å². The van der Waals surface area contributed by atoms with E-state index in [1.165, 1.54) is 87.5 Å². The second-order valence-corrected chi connectivity index (χ2v) is 39.8. The number of hydrogen-bond donors (Lipinski definition) is 0. The monoisotopic (exact) mass is 1050 g/mol. The lowest BCUT2D eigenvalue weighted by Gasteiger charge is -2.41. The van der Waals surface area contributed by atoms with Crippen molar-refractivity contribution in [3.8, 4) is 0 Å². The highest BCUT2D eigenvalue weighted by Crippen LogP contribution is 2.43. The van der Waals surface area contributed by atoms with Crippen LogP contribution in [0.2, 0.25) is 0 Å². The van der Waals surface area contributed by atoms with Gasteiger partial charge in [0.2, 0.25) is 0 Å². The van der Waals surface area contributed by atoms with Crippen LogP contribution >= 0.6 is 0 Å². The van der Waals surface area contributed by atoms with E-state index in [-0.39, 0.29) is 65.0 Å². The van der Waals surface area contributed by atoms with Gasteiger partial charge in [-0.25, -0.2) is 0 Å². The number of rotatable bonds is 6. The molecule has 418 valence electrons. The third-order valence-electron chi connectivity index (χ3n) is 15.5. The van der Waals surface area contributed by atoms with Crippen LogP contribution in [0.4, 0.5) is 0 Å². The van der Waals surface area contributed by atoms with Gasteiger partial charge in [-0.3, -0.25) is 0 Å². The second kappa shape index (κ2) is 20.1. The molecule has 0 aromatic heterocycles. The van der Waals surface area contributed by atoms with Crippen LogP contribution in [0.5, 0.6) is 0 Å². The van der Waals surface area contributed by atoms with Crippen molar-refractivity contribution < 1.29 is 4.12 Å². The summed E-state index contributed by atoms with van der Waals surface area (Å²) in [5.41, 5.74) is 15.7. The molecule has 4 aromatic rings. The van der Waals surface area contributed by atoms with Crippen LogP contribution < -0.4 is 20.7 Å². The van der Waals surface area contributed by atoms with E-state index in [2.05, 4.69) is 298 Å². The lowest BCUT2D eigenvalue weighted by Crippen LogP contribution is -2.61. The average Bonchev–Trinajstić information content (AvgIpc) is 3.15. The summed E-state index contributed by atoms with van der Waals surface area (Å²) >= 11 is 0. The van der Waals surface area contributed by atoms with Crippen molar-refractivity contribution >= 4 is 38.8 Å². The van der Waals surface area contributed by atoms with Crippen molar-refractivity contribution in [2.45, 2.75) is 314 Å². The van der Waals surface area contributed by atoms with Crippen LogP contribution in [0.25, 0.3) is 0 Å². The van der Waals surface area contributed by atoms with E-state index >= 15 is 0 Å². The van der Waals surface area contributed by atoms with Crippen LogP contribution in [-0.4, -0.2) is 18.1 Å². The molecular weight excluding hydrogens is 937 g/mol.